The molecule has 1 aliphatic heterocycles. The standard InChI is InChI=1S/C23H18ClN3S/c1-15-7-9-17(10-8-15)21-14-20(16-5-3-2-4-6-16)26-27(21)23-25-19-12-11-18(24)13-22(19)28-23/h2-13,21H,14H2,1H3. The summed E-state index contributed by atoms with van der Waals surface area (Å²) in [6, 6.07) is 25.0. The highest BCUT2D eigenvalue weighted by Crippen LogP contribution is 2.40. The molecular weight excluding hydrogens is 386 g/mol. The average Bonchev–Trinajstić information content (AvgIpc) is 3.33. The second-order valence-corrected chi connectivity index (χ2v) is 8.44. The quantitative estimate of drug-likeness (QED) is 0.384. The number of aryl methyl sites for hydroxylation is 1. The molecule has 5 heteroatoms. The van der Waals surface area contributed by atoms with Crippen molar-refractivity contribution in [3.05, 3.63) is 94.5 Å². The maximum Gasteiger partial charge on any atom is 0.207 e. The van der Waals surface area contributed by atoms with Gasteiger partial charge in [-0.25, -0.2) is 9.99 Å². The van der Waals surface area contributed by atoms with Gasteiger partial charge in [0.05, 0.1) is 22.0 Å². The van der Waals surface area contributed by atoms with E-state index in [0.29, 0.717) is 0 Å². The van der Waals surface area contributed by atoms with Gasteiger partial charge in [-0.2, -0.15) is 5.10 Å². The number of aromatic nitrogens is 1. The van der Waals surface area contributed by atoms with Crippen molar-refractivity contribution in [1.29, 1.82) is 0 Å². The summed E-state index contributed by atoms with van der Waals surface area (Å²) in [6.07, 6.45) is 0.851. The maximum absolute atomic E-state index is 6.17. The smallest absolute Gasteiger partial charge is 0.207 e. The van der Waals surface area contributed by atoms with Crippen LogP contribution in [0.2, 0.25) is 5.02 Å². The molecule has 3 aromatic carbocycles. The Morgan fingerprint density at radius 2 is 1.79 bits per heavy atom. The van der Waals surface area contributed by atoms with E-state index in [0.717, 1.165) is 38.1 Å². The molecule has 0 N–H and O–H groups in total. The van der Waals surface area contributed by atoms with Crippen LogP contribution < -0.4 is 5.01 Å². The van der Waals surface area contributed by atoms with Crippen LogP contribution >= 0.6 is 22.9 Å². The van der Waals surface area contributed by atoms with Crippen LogP contribution in [0.5, 0.6) is 0 Å². The number of hydrogen-bond acceptors (Lipinski definition) is 4. The first kappa shape index (κ1) is 17.4. The summed E-state index contributed by atoms with van der Waals surface area (Å²) in [5, 5.41) is 8.69. The minimum Gasteiger partial charge on any atom is -0.231 e. The van der Waals surface area contributed by atoms with Crippen LogP contribution in [-0.2, 0) is 0 Å². The van der Waals surface area contributed by atoms with Gasteiger partial charge in [0.25, 0.3) is 0 Å². The number of hydrogen-bond donors (Lipinski definition) is 0. The third-order valence-corrected chi connectivity index (χ3v) is 6.26. The Hall–Kier alpha value is -2.69. The van der Waals surface area contributed by atoms with Gasteiger partial charge in [-0.15, -0.1) is 0 Å². The number of thiazole rings is 1. The second kappa shape index (κ2) is 7.04. The number of nitrogens with zero attached hydrogens (tertiary/aromatic N) is 3. The van der Waals surface area contributed by atoms with E-state index in [4.69, 9.17) is 21.7 Å². The van der Waals surface area contributed by atoms with Crippen LogP contribution in [0.4, 0.5) is 5.13 Å². The lowest BCUT2D eigenvalue weighted by molar-refractivity contribution is 0.707. The van der Waals surface area contributed by atoms with E-state index in [2.05, 4.69) is 60.5 Å². The van der Waals surface area contributed by atoms with Gasteiger partial charge >= 0.3 is 0 Å². The molecule has 2 heterocycles. The normalized spacial score (nSPS) is 16.6. The molecule has 0 fully saturated rings. The van der Waals surface area contributed by atoms with Crippen LogP contribution in [0.1, 0.15) is 29.2 Å². The Morgan fingerprint density at radius 1 is 1.00 bits per heavy atom. The third-order valence-electron chi connectivity index (χ3n) is 5.01. The molecule has 1 unspecified atom stereocenters. The predicted molar refractivity (Wildman–Crippen MR) is 119 cm³/mol. The van der Waals surface area contributed by atoms with Gasteiger partial charge in [0.1, 0.15) is 0 Å². The molecule has 0 radical (unpaired) electrons. The molecular formula is C23H18ClN3S. The van der Waals surface area contributed by atoms with Gasteiger partial charge in [-0.1, -0.05) is 83.1 Å². The SMILES string of the molecule is Cc1ccc(C2CC(c3ccccc3)=NN2c2nc3ccc(Cl)cc3s2)cc1. The molecule has 0 saturated carbocycles. The molecule has 0 bridgehead atoms. The summed E-state index contributed by atoms with van der Waals surface area (Å²) in [7, 11) is 0. The van der Waals surface area contributed by atoms with Crippen molar-refractivity contribution in [2.45, 2.75) is 19.4 Å². The third kappa shape index (κ3) is 3.19. The number of fused-ring (bicyclic) bond motifs is 1. The highest BCUT2D eigenvalue weighted by Gasteiger charge is 2.31. The van der Waals surface area contributed by atoms with E-state index in [1.165, 1.54) is 11.1 Å². The lowest BCUT2D eigenvalue weighted by Gasteiger charge is -2.21. The van der Waals surface area contributed by atoms with E-state index in [9.17, 15) is 0 Å². The molecule has 0 aliphatic carbocycles. The zero-order valence-corrected chi connectivity index (χ0v) is 16.9. The lowest BCUT2D eigenvalue weighted by atomic mass is 9.98. The molecule has 3 nitrogen and oxygen atoms in total. The summed E-state index contributed by atoms with van der Waals surface area (Å²) in [6.45, 7) is 2.11. The molecule has 1 atom stereocenters. The molecule has 28 heavy (non-hydrogen) atoms. The highest BCUT2D eigenvalue weighted by atomic mass is 35.5. The number of benzene rings is 3. The van der Waals surface area contributed by atoms with Gasteiger partial charge < -0.3 is 0 Å². The Morgan fingerprint density at radius 3 is 2.57 bits per heavy atom. The number of rotatable bonds is 3. The average molecular weight is 404 g/mol. The lowest BCUT2D eigenvalue weighted by Crippen LogP contribution is -2.18. The summed E-state index contributed by atoms with van der Waals surface area (Å²) in [5.74, 6) is 0. The van der Waals surface area contributed by atoms with Crippen molar-refractivity contribution in [3.63, 3.8) is 0 Å². The zero-order chi connectivity index (χ0) is 19.1. The van der Waals surface area contributed by atoms with Gasteiger partial charge in [0, 0.05) is 11.4 Å². The molecule has 4 aromatic rings. The second-order valence-electron chi connectivity index (χ2n) is 7.00. The highest BCUT2D eigenvalue weighted by molar-refractivity contribution is 7.22. The first-order chi connectivity index (χ1) is 13.7. The minimum absolute atomic E-state index is 0.131. The largest absolute Gasteiger partial charge is 0.231 e. The van der Waals surface area contributed by atoms with Crippen molar-refractivity contribution in [1.82, 2.24) is 4.98 Å². The topological polar surface area (TPSA) is 28.5 Å². The summed E-state index contributed by atoms with van der Waals surface area (Å²) in [4.78, 5) is 4.84. The molecule has 0 saturated heterocycles. The molecule has 5 rings (SSSR count). The van der Waals surface area contributed by atoms with E-state index < -0.39 is 0 Å². The molecule has 138 valence electrons. The van der Waals surface area contributed by atoms with E-state index in [1.54, 1.807) is 11.3 Å². The first-order valence-corrected chi connectivity index (χ1v) is 10.4. The maximum atomic E-state index is 6.17. The Kier molecular flexibility index (Phi) is 4.38. The van der Waals surface area contributed by atoms with Crippen molar-refractivity contribution < 1.29 is 0 Å². The van der Waals surface area contributed by atoms with Crippen molar-refractivity contribution >= 4 is 44.0 Å². The van der Waals surface area contributed by atoms with Gasteiger partial charge in [0.2, 0.25) is 5.13 Å². The van der Waals surface area contributed by atoms with Crippen LogP contribution in [0.3, 0.4) is 0 Å². The van der Waals surface area contributed by atoms with Crippen LogP contribution in [0.15, 0.2) is 77.9 Å². The van der Waals surface area contributed by atoms with Gasteiger partial charge in [0.15, 0.2) is 0 Å². The fourth-order valence-corrected chi connectivity index (χ4v) is 4.77. The van der Waals surface area contributed by atoms with Crippen LogP contribution in [-0.4, -0.2) is 10.7 Å². The summed E-state index contributed by atoms with van der Waals surface area (Å²) in [5.41, 5.74) is 5.70. The predicted octanol–water partition coefficient (Wildman–Crippen LogP) is 6.61. The van der Waals surface area contributed by atoms with Gasteiger partial charge in [-0.3, -0.25) is 0 Å². The monoisotopic (exact) mass is 403 g/mol. The summed E-state index contributed by atoms with van der Waals surface area (Å²) >= 11 is 7.80. The fourth-order valence-electron chi connectivity index (χ4n) is 3.52. The Labute approximate surface area is 172 Å². The van der Waals surface area contributed by atoms with E-state index >= 15 is 0 Å². The Balaban J connectivity index is 1.60. The van der Waals surface area contributed by atoms with Gasteiger partial charge in [-0.05, 0) is 36.2 Å². The van der Waals surface area contributed by atoms with E-state index in [-0.39, 0.29) is 6.04 Å². The molecule has 1 aromatic heterocycles. The Bertz CT molecular complexity index is 1170. The van der Waals surface area contributed by atoms with Crippen molar-refractivity contribution in [2.75, 3.05) is 5.01 Å². The zero-order valence-electron chi connectivity index (χ0n) is 15.3. The molecule has 1 aliphatic rings. The number of halogens is 1. The minimum atomic E-state index is 0.131. The fraction of sp³-hybridized carbons (Fsp3) is 0.130. The summed E-state index contributed by atoms with van der Waals surface area (Å²) < 4.78 is 1.08. The van der Waals surface area contributed by atoms with Crippen LogP contribution in [0, 0.1) is 6.92 Å². The van der Waals surface area contributed by atoms with Crippen molar-refractivity contribution in [2.24, 2.45) is 5.10 Å². The number of anilines is 1. The molecule has 0 amide bonds. The van der Waals surface area contributed by atoms with Crippen LogP contribution in [0.25, 0.3) is 10.2 Å². The first-order valence-electron chi connectivity index (χ1n) is 9.22. The van der Waals surface area contributed by atoms with E-state index in [1.807, 2.05) is 24.3 Å². The number of hydrazone groups is 1. The molecule has 0 spiro atoms. The van der Waals surface area contributed by atoms with Crippen molar-refractivity contribution in [3.8, 4) is 0 Å².